The number of amides is 1. The van der Waals surface area contributed by atoms with Gasteiger partial charge >= 0.3 is 12.1 Å². The lowest BCUT2D eigenvalue weighted by molar-refractivity contribution is -0.146. The molecule has 1 heterocycles. The minimum atomic E-state index is -4.37. The van der Waals surface area contributed by atoms with Crippen molar-refractivity contribution < 1.29 is 32.4 Å². The van der Waals surface area contributed by atoms with E-state index in [9.17, 15) is 22.6 Å². The van der Waals surface area contributed by atoms with Crippen LogP contribution in [-0.2, 0) is 19.6 Å². The Morgan fingerprint density at radius 2 is 1.82 bits per heavy atom. The molecule has 1 saturated heterocycles. The Morgan fingerprint density at radius 3 is 2.46 bits per heavy atom. The number of carbonyl (C=O) groups excluding carboxylic acids is 1. The quantitative estimate of drug-likeness (QED) is 0.752. The van der Waals surface area contributed by atoms with E-state index in [1.54, 1.807) is 6.07 Å². The van der Waals surface area contributed by atoms with Gasteiger partial charge in [-0.2, -0.15) is 8.42 Å². The van der Waals surface area contributed by atoms with Crippen LogP contribution < -0.4 is 0 Å². The van der Waals surface area contributed by atoms with Crippen molar-refractivity contribution in [2.24, 2.45) is 0 Å². The molecule has 8 nitrogen and oxygen atoms in total. The number of nitrogens with zero attached hydrogens (tertiary/aromatic N) is 1. The summed E-state index contributed by atoms with van der Waals surface area (Å²) in [4.78, 5) is 24.3. The van der Waals surface area contributed by atoms with Gasteiger partial charge < -0.3 is 9.84 Å². The second-order valence-electron chi connectivity index (χ2n) is 6.78. The van der Waals surface area contributed by atoms with E-state index in [4.69, 9.17) is 9.84 Å². The van der Waals surface area contributed by atoms with Crippen molar-refractivity contribution in [3.63, 3.8) is 0 Å². The minimum absolute atomic E-state index is 0.0688. The standard InChI is InChI=1S/C19H17NO7S/c21-18(22)17-7-8-20(17)19(23)27-10-16-13-4-2-1-3-12(13)14-6-5-11(9-15(14)16)28(24,25)26/h1-6,9,16-17H,7-8,10H2,(H,21,22)(H,24,25,26). The summed E-state index contributed by atoms with van der Waals surface area (Å²) in [5.74, 6) is -1.49. The first-order valence-electron chi connectivity index (χ1n) is 8.64. The molecule has 9 heteroatoms. The second-order valence-corrected chi connectivity index (χ2v) is 8.20. The van der Waals surface area contributed by atoms with Crippen LogP contribution in [-0.4, -0.2) is 54.2 Å². The van der Waals surface area contributed by atoms with Crippen molar-refractivity contribution in [2.45, 2.75) is 23.3 Å². The second kappa shape index (κ2) is 6.61. The first-order chi connectivity index (χ1) is 13.3. The predicted molar refractivity (Wildman–Crippen MR) is 97.6 cm³/mol. The summed E-state index contributed by atoms with van der Waals surface area (Å²) in [5, 5.41) is 9.07. The maximum atomic E-state index is 12.3. The number of ether oxygens (including phenoxy) is 1. The molecule has 1 aliphatic heterocycles. The number of rotatable bonds is 4. The molecule has 0 radical (unpaired) electrons. The summed E-state index contributed by atoms with van der Waals surface area (Å²) in [7, 11) is -4.37. The molecule has 2 N–H and O–H groups in total. The smallest absolute Gasteiger partial charge is 0.410 e. The molecule has 0 saturated carbocycles. The number of carboxylic acids is 1. The number of benzene rings is 2. The molecule has 4 rings (SSSR count). The molecule has 2 unspecified atom stereocenters. The Hall–Kier alpha value is -2.91. The van der Waals surface area contributed by atoms with Crippen molar-refractivity contribution >= 4 is 22.2 Å². The topological polar surface area (TPSA) is 121 Å². The van der Waals surface area contributed by atoms with Gasteiger partial charge in [0.1, 0.15) is 12.6 Å². The molecule has 1 fully saturated rings. The molecule has 2 aromatic rings. The fourth-order valence-corrected chi connectivity index (χ4v) is 4.24. The summed E-state index contributed by atoms with van der Waals surface area (Å²) in [5.41, 5.74) is 3.20. The van der Waals surface area contributed by atoms with Crippen LogP contribution in [0.5, 0.6) is 0 Å². The van der Waals surface area contributed by atoms with Crippen molar-refractivity contribution in [3.05, 3.63) is 53.6 Å². The fourth-order valence-electron chi connectivity index (χ4n) is 3.73. The van der Waals surface area contributed by atoms with E-state index in [2.05, 4.69) is 0 Å². The van der Waals surface area contributed by atoms with Gasteiger partial charge in [0.15, 0.2) is 0 Å². The molecular formula is C19H17NO7S. The van der Waals surface area contributed by atoms with Crippen LogP contribution in [0.2, 0.25) is 0 Å². The molecule has 0 bridgehead atoms. The number of carbonyl (C=O) groups is 2. The molecule has 2 aromatic carbocycles. The van der Waals surface area contributed by atoms with Crippen molar-refractivity contribution in [3.8, 4) is 11.1 Å². The third-order valence-corrected chi connectivity index (χ3v) is 6.09. The Morgan fingerprint density at radius 1 is 1.11 bits per heavy atom. The lowest BCUT2D eigenvalue weighted by Crippen LogP contribution is -2.55. The van der Waals surface area contributed by atoms with Gasteiger partial charge in [-0.1, -0.05) is 30.3 Å². The zero-order chi connectivity index (χ0) is 20.1. The zero-order valence-corrected chi connectivity index (χ0v) is 15.4. The SMILES string of the molecule is O=C(O)C1CCN1C(=O)OCC1c2ccccc2-c2ccc(S(=O)(=O)O)cc21. The minimum Gasteiger partial charge on any atom is -0.480 e. The molecular weight excluding hydrogens is 386 g/mol. The van der Waals surface area contributed by atoms with Gasteiger partial charge in [-0.3, -0.25) is 9.45 Å². The summed E-state index contributed by atoms with van der Waals surface area (Å²) in [6, 6.07) is 10.9. The average Bonchev–Trinajstić information content (AvgIpc) is 2.91. The Labute approximate surface area is 161 Å². The van der Waals surface area contributed by atoms with Crippen molar-refractivity contribution in [1.29, 1.82) is 0 Å². The van der Waals surface area contributed by atoms with E-state index >= 15 is 0 Å². The molecule has 0 aromatic heterocycles. The Balaban J connectivity index is 1.62. The highest BCUT2D eigenvalue weighted by Gasteiger charge is 2.39. The number of hydrogen-bond acceptors (Lipinski definition) is 5. The maximum Gasteiger partial charge on any atom is 0.410 e. The highest BCUT2D eigenvalue weighted by molar-refractivity contribution is 7.85. The largest absolute Gasteiger partial charge is 0.480 e. The average molecular weight is 403 g/mol. The molecule has 146 valence electrons. The highest BCUT2D eigenvalue weighted by atomic mass is 32.2. The normalized spacial score (nSPS) is 20.1. The van der Waals surface area contributed by atoms with E-state index in [1.807, 2.05) is 24.3 Å². The number of carboxylic acid groups (broad SMARTS) is 1. The van der Waals surface area contributed by atoms with Crippen LogP contribution in [0.3, 0.4) is 0 Å². The van der Waals surface area contributed by atoms with Gasteiger partial charge in [0, 0.05) is 12.5 Å². The van der Waals surface area contributed by atoms with Crippen LogP contribution in [0.15, 0.2) is 47.4 Å². The van der Waals surface area contributed by atoms with Crippen molar-refractivity contribution in [1.82, 2.24) is 4.90 Å². The first kappa shape index (κ1) is 18.5. The van der Waals surface area contributed by atoms with Crippen LogP contribution in [0.1, 0.15) is 23.5 Å². The number of likely N-dealkylation sites (tertiary alicyclic amines) is 1. The van der Waals surface area contributed by atoms with Gasteiger partial charge in [0.2, 0.25) is 0 Å². The van der Waals surface area contributed by atoms with Crippen LogP contribution >= 0.6 is 0 Å². The summed E-state index contributed by atoms with van der Waals surface area (Å²) in [6.07, 6.45) is -0.326. The van der Waals surface area contributed by atoms with Crippen LogP contribution in [0.25, 0.3) is 11.1 Å². The van der Waals surface area contributed by atoms with Crippen molar-refractivity contribution in [2.75, 3.05) is 13.2 Å². The van der Waals surface area contributed by atoms with Gasteiger partial charge in [0.05, 0.1) is 4.90 Å². The van der Waals surface area contributed by atoms with Gasteiger partial charge in [0.25, 0.3) is 10.1 Å². The Bertz CT molecular complexity index is 1080. The molecule has 1 aliphatic carbocycles. The summed E-state index contributed by atoms with van der Waals surface area (Å²) in [6.45, 7) is 0.251. The lowest BCUT2D eigenvalue weighted by Gasteiger charge is -2.37. The Kier molecular flexibility index (Phi) is 4.35. The van der Waals surface area contributed by atoms with Crippen LogP contribution in [0, 0.1) is 0 Å². The third-order valence-electron chi connectivity index (χ3n) is 5.24. The monoisotopic (exact) mass is 403 g/mol. The number of fused-ring (bicyclic) bond motifs is 3. The van der Waals surface area contributed by atoms with E-state index < -0.39 is 34.1 Å². The van der Waals surface area contributed by atoms with Gasteiger partial charge in [-0.25, -0.2) is 9.59 Å². The summed E-state index contributed by atoms with van der Waals surface area (Å²) >= 11 is 0. The van der Waals surface area contributed by atoms with Gasteiger partial charge in [-0.05, 0) is 40.8 Å². The molecule has 2 aliphatic rings. The molecule has 2 atom stereocenters. The van der Waals surface area contributed by atoms with E-state index in [0.717, 1.165) is 21.6 Å². The lowest BCUT2D eigenvalue weighted by atomic mass is 9.98. The predicted octanol–water partition coefficient (Wildman–Crippen LogP) is 2.34. The highest BCUT2D eigenvalue weighted by Crippen LogP contribution is 2.45. The van der Waals surface area contributed by atoms with Crippen LogP contribution in [0.4, 0.5) is 4.79 Å². The fraction of sp³-hybridized carbons (Fsp3) is 0.263. The zero-order valence-electron chi connectivity index (χ0n) is 14.6. The molecule has 1 amide bonds. The summed E-state index contributed by atoms with van der Waals surface area (Å²) < 4.78 is 37.8. The number of aliphatic carboxylic acids is 1. The molecule has 28 heavy (non-hydrogen) atoms. The first-order valence-corrected chi connectivity index (χ1v) is 10.1. The number of hydrogen-bond donors (Lipinski definition) is 2. The van der Waals surface area contributed by atoms with Gasteiger partial charge in [-0.15, -0.1) is 0 Å². The maximum absolute atomic E-state index is 12.3. The third kappa shape index (κ3) is 3.02. The van der Waals surface area contributed by atoms with E-state index in [0.29, 0.717) is 18.5 Å². The van der Waals surface area contributed by atoms with E-state index in [1.165, 1.54) is 12.1 Å². The molecule has 0 spiro atoms. The van der Waals surface area contributed by atoms with E-state index in [-0.39, 0.29) is 11.5 Å².